The summed E-state index contributed by atoms with van der Waals surface area (Å²) in [5.74, 6) is -1.64. The van der Waals surface area contributed by atoms with Gasteiger partial charge >= 0.3 is 7.60 Å². The van der Waals surface area contributed by atoms with Crippen molar-refractivity contribution >= 4 is 13.4 Å². The van der Waals surface area contributed by atoms with Crippen LogP contribution in [-0.2, 0) is 9.36 Å². The summed E-state index contributed by atoms with van der Waals surface area (Å²) in [7, 11) is -4.23. The SMILES string of the molecule is O=C1CCNC1P(=O)(O)O. The first kappa shape index (κ1) is 7.88. The monoisotopic (exact) mass is 165 g/mol. The molecule has 0 saturated carbocycles. The molecule has 1 aliphatic rings. The highest BCUT2D eigenvalue weighted by Crippen LogP contribution is 2.41. The maximum atomic E-state index is 10.7. The van der Waals surface area contributed by atoms with E-state index in [4.69, 9.17) is 9.79 Å². The average Bonchev–Trinajstić information content (AvgIpc) is 2.11. The van der Waals surface area contributed by atoms with E-state index in [0.717, 1.165) is 0 Å². The molecule has 5 nitrogen and oxygen atoms in total. The van der Waals surface area contributed by atoms with Gasteiger partial charge in [0.1, 0.15) is 0 Å². The Labute approximate surface area is 57.6 Å². The second-order valence-corrected chi connectivity index (χ2v) is 3.86. The highest BCUT2D eigenvalue weighted by atomic mass is 31.2. The summed E-state index contributed by atoms with van der Waals surface area (Å²) in [5.41, 5.74) is 0. The standard InChI is InChI=1S/C4H8NO4P/c6-3-1-2-5-4(3)10(7,8)9/h4-5H,1-2H2,(H2,7,8,9). The Hall–Kier alpha value is -0.220. The Morgan fingerprint density at radius 3 is 2.40 bits per heavy atom. The molecule has 1 aliphatic heterocycles. The van der Waals surface area contributed by atoms with Gasteiger partial charge in [0.25, 0.3) is 0 Å². The van der Waals surface area contributed by atoms with Gasteiger partial charge in [-0.2, -0.15) is 0 Å². The first-order chi connectivity index (χ1) is 4.52. The third kappa shape index (κ3) is 1.44. The molecular formula is C4H8NO4P. The summed E-state index contributed by atoms with van der Waals surface area (Å²) >= 11 is 0. The number of carbonyl (C=O) groups excluding carboxylic acids is 1. The van der Waals surface area contributed by atoms with Crippen molar-refractivity contribution in [2.75, 3.05) is 6.54 Å². The third-order valence-electron chi connectivity index (χ3n) is 1.35. The molecule has 1 atom stereocenters. The molecule has 1 rings (SSSR count). The molecule has 6 heteroatoms. The molecule has 3 N–H and O–H groups in total. The van der Waals surface area contributed by atoms with E-state index in [2.05, 4.69) is 5.32 Å². The quantitative estimate of drug-likeness (QED) is 0.436. The number of hydrogen-bond acceptors (Lipinski definition) is 3. The Kier molecular flexibility index (Phi) is 1.92. The van der Waals surface area contributed by atoms with Crippen LogP contribution >= 0.6 is 7.60 Å². The van der Waals surface area contributed by atoms with Crippen molar-refractivity contribution in [1.29, 1.82) is 0 Å². The highest BCUT2D eigenvalue weighted by molar-refractivity contribution is 7.53. The van der Waals surface area contributed by atoms with Gasteiger partial charge in [-0.05, 0) is 0 Å². The molecule has 58 valence electrons. The van der Waals surface area contributed by atoms with Gasteiger partial charge in [-0.1, -0.05) is 0 Å². The normalized spacial score (nSPS) is 27.4. The van der Waals surface area contributed by atoms with Crippen molar-refractivity contribution < 1.29 is 19.1 Å². The van der Waals surface area contributed by atoms with Crippen LogP contribution in [0.15, 0.2) is 0 Å². The Balaban J connectivity index is 2.74. The van der Waals surface area contributed by atoms with Gasteiger partial charge in [-0.3, -0.25) is 14.7 Å². The van der Waals surface area contributed by atoms with Gasteiger partial charge in [0.15, 0.2) is 11.6 Å². The van der Waals surface area contributed by atoms with Gasteiger partial charge in [0.2, 0.25) is 0 Å². The van der Waals surface area contributed by atoms with Gasteiger partial charge in [-0.15, -0.1) is 0 Å². The van der Waals surface area contributed by atoms with Crippen LogP contribution in [0.3, 0.4) is 0 Å². The van der Waals surface area contributed by atoms with Crippen molar-refractivity contribution in [2.45, 2.75) is 12.2 Å². The lowest BCUT2D eigenvalue weighted by atomic mass is 10.4. The molecule has 1 saturated heterocycles. The van der Waals surface area contributed by atoms with Crippen molar-refractivity contribution in [2.24, 2.45) is 0 Å². The fourth-order valence-electron chi connectivity index (χ4n) is 0.889. The number of rotatable bonds is 1. The van der Waals surface area contributed by atoms with Crippen LogP contribution in [0, 0.1) is 0 Å². The Morgan fingerprint density at radius 2 is 2.20 bits per heavy atom. The Bertz CT molecular complexity index is 197. The minimum absolute atomic E-state index is 0.218. The molecule has 0 aromatic carbocycles. The topological polar surface area (TPSA) is 86.6 Å². The lowest BCUT2D eigenvalue weighted by Gasteiger charge is -2.09. The van der Waals surface area contributed by atoms with Crippen LogP contribution in [-0.4, -0.2) is 27.9 Å². The molecule has 0 radical (unpaired) electrons. The van der Waals surface area contributed by atoms with E-state index in [9.17, 15) is 9.36 Å². The minimum atomic E-state index is -4.23. The van der Waals surface area contributed by atoms with E-state index in [-0.39, 0.29) is 6.42 Å². The van der Waals surface area contributed by atoms with Crippen molar-refractivity contribution in [1.82, 2.24) is 5.32 Å². The van der Waals surface area contributed by atoms with Crippen molar-refractivity contribution in [3.05, 3.63) is 0 Å². The largest absolute Gasteiger partial charge is 0.349 e. The van der Waals surface area contributed by atoms with E-state index in [1.165, 1.54) is 0 Å². The number of hydrogen-bond donors (Lipinski definition) is 3. The summed E-state index contributed by atoms with van der Waals surface area (Å²) in [5, 5.41) is 2.43. The van der Waals surface area contributed by atoms with Crippen LogP contribution in [0.4, 0.5) is 0 Å². The molecule has 10 heavy (non-hydrogen) atoms. The molecular weight excluding hydrogens is 157 g/mol. The first-order valence-electron chi connectivity index (χ1n) is 2.83. The van der Waals surface area contributed by atoms with Gasteiger partial charge in [-0.25, -0.2) is 0 Å². The molecule has 0 aromatic heterocycles. The number of ketones is 1. The lowest BCUT2D eigenvalue weighted by molar-refractivity contribution is -0.117. The number of carbonyl (C=O) groups is 1. The molecule has 1 fully saturated rings. The van der Waals surface area contributed by atoms with Gasteiger partial charge in [0, 0.05) is 13.0 Å². The number of Topliss-reactive ketones (excluding diaryl/α,β-unsaturated/α-hetero) is 1. The highest BCUT2D eigenvalue weighted by Gasteiger charge is 2.38. The predicted octanol–water partition coefficient (Wildman–Crippen LogP) is -0.947. The second kappa shape index (κ2) is 2.43. The fourth-order valence-corrected chi connectivity index (χ4v) is 1.76. The average molecular weight is 165 g/mol. The van der Waals surface area contributed by atoms with E-state index in [1.807, 2.05) is 0 Å². The van der Waals surface area contributed by atoms with E-state index in [1.54, 1.807) is 0 Å². The van der Waals surface area contributed by atoms with E-state index < -0.39 is 19.2 Å². The third-order valence-corrected chi connectivity index (χ3v) is 2.49. The molecule has 0 bridgehead atoms. The van der Waals surface area contributed by atoms with E-state index >= 15 is 0 Å². The Morgan fingerprint density at radius 1 is 1.60 bits per heavy atom. The second-order valence-electron chi connectivity index (χ2n) is 2.16. The maximum absolute atomic E-state index is 10.7. The zero-order valence-electron chi connectivity index (χ0n) is 5.15. The van der Waals surface area contributed by atoms with Crippen molar-refractivity contribution in [3.63, 3.8) is 0 Å². The summed E-state index contributed by atoms with van der Waals surface area (Å²) in [6, 6.07) is 0. The lowest BCUT2D eigenvalue weighted by Crippen LogP contribution is -2.26. The molecule has 0 amide bonds. The van der Waals surface area contributed by atoms with Crippen LogP contribution in [0.5, 0.6) is 0 Å². The van der Waals surface area contributed by atoms with Gasteiger partial charge in [0.05, 0.1) is 0 Å². The minimum Gasteiger partial charge on any atom is -0.323 e. The van der Waals surface area contributed by atoms with Gasteiger partial charge < -0.3 is 9.79 Å². The summed E-state index contributed by atoms with van der Waals surface area (Å²) in [6.07, 6.45) is 0.218. The van der Waals surface area contributed by atoms with E-state index in [0.29, 0.717) is 6.54 Å². The summed E-state index contributed by atoms with van der Waals surface area (Å²) in [4.78, 5) is 27.7. The summed E-state index contributed by atoms with van der Waals surface area (Å²) in [6.45, 7) is 0.370. The molecule has 0 aliphatic carbocycles. The van der Waals surface area contributed by atoms with Crippen LogP contribution in [0.1, 0.15) is 6.42 Å². The number of nitrogens with one attached hydrogen (secondary N) is 1. The fraction of sp³-hybridized carbons (Fsp3) is 0.750. The first-order valence-corrected chi connectivity index (χ1v) is 4.51. The molecule has 1 unspecified atom stereocenters. The zero-order chi connectivity index (χ0) is 7.78. The molecule has 1 heterocycles. The zero-order valence-corrected chi connectivity index (χ0v) is 6.04. The summed E-state index contributed by atoms with van der Waals surface area (Å²) < 4.78 is 10.5. The van der Waals surface area contributed by atoms with Crippen LogP contribution < -0.4 is 5.32 Å². The van der Waals surface area contributed by atoms with Crippen LogP contribution in [0.25, 0.3) is 0 Å². The maximum Gasteiger partial charge on any atom is 0.349 e. The molecule has 0 spiro atoms. The smallest absolute Gasteiger partial charge is 0.323 e. The van der Waals surface area contributed by atoms with Crippen molar-refractivity contribution in [3.8, 4) is 0 Å². The molecule has 0 aromatic rings. The van der Waals surface area contributed by atoms with Crippen LogP contribution in [0.2, 0.25) is 0 Å². The predicted molar refractivity (Wildman–Crippen MR) is 33.5 cm³/mol.